The van der Waals surface area contributed by atoms with Crippen LogP contribution in [0, 0.1) is 18.8 Å². The first kappa shape index (κ1) is 11.3. The number of fused-ring (bicyclic) bond motifs is 1. The number of benzene rings is 1. The quantitative estimate of drug-likeness (QED) is 0.861. The van der Waals surface area contributed by atoms with Gasteiger partial charge in [0.2, 0.25) is 5.91 Å². The Labute approximate surface area is 105 Å². The van der Waals surface area contributed by atoms with Gasteiger partial charge in [0, 0.05) is 12.2 Å². The summed E-state index contributed by atoms with van der Waals surface area (Å²) in [6.45, 7) is 2.73. The highest BCUT2D eigenvalue weighted by molar-refractivity contribution is 6.01. The highest BCUT2D eigenvalue weighted by Crippen LogP contribution is 2.42. The number of anilines is 1. The van der Waals surface area contributed by atoms with Crippen LogP contribution >= 0.6 is 0 Å². The second-order valence-corrected chi connectivity index (χ2v) is 5.10. The molecular formula is C14H15NO3. The zero-order valence-corrected chi connectivity index (χ0v) is 10.2. The molecule has 1 aliphatic heterocycles. The van der Waals surface area contributed by atoms with Gasteiger partial charge in [-0.25, -0.2) is 0 Å². The number of nitrogens with zero attached hydrogens (tertiary/aromatic N) is 1. The summed E-state index contributed by atoms with van der Waals surface area (Å²) in [6, 6.07) is 5.94. The highest BCUT2D eigenvalue weighted by atomic mass is 16.4. The molecule has 1 aliphatic carbocycles. The Hall–Kier alpha value is -1.84. The van der Waals surface area contributed by atoms with Crippen LogP contribution in [0.5, 0.6) is 0 Å². The number of carbonyl (C=O) groups excluding carboxylic acids is 1. The molecule has 1 aromatic rings. The van der Waals surface area contributed by atoms with Crippen LogP contribution in [0.4, 0.5) is 5.69 Å². The van der Waals surface area contributed by atoms with Crippen molar-refractivity contribution in [1.82, 2.24) is 0 Å². The smallest absolute Gasteiger partial charge is 0.307 e. The summed E-state index contributed by atoms with van der Waals surface area (Å²) in [4.78, 5) is 24.8. The lowest BCUT2D eigenvalue weighted by molar-refractivity contribution is -0.140. The molecule has 4 nitrogen and oxygen atoms in total. The van der Waals surface area contributed by atoms with Crippen molar-refractivity contribution in [2.45, 2.75) is 19.8 Å². The number of carbonyl (C=O) groups is 2. The maximum absolute atomic E-state index is 12.3. The predicted molar refractivity (Wildman–Crippen MR) is 66.5 cm³/mol. The van der Waals surface area contributed by atoms with E-state index in [2.05, 4.69) is 0 Å². The maximum atomic E-state index is 12.3. The van der Waals surface area contributed by atoms with E-state index in [1.165, 1.54) is 11.1 Å². The van der Waals surface area contributed by atoms with Crippen LogP contribution < -0.4 is 4.90 Å². The first-order valence-corrected chi connectivity index (χ1v) is 6.22. The third kappa shape index (κ3) is 1.60. The van der Waals surface area contributed by atoms with Crippen molar-refractivity contribution in [1.29, 1.82) is 0 Å². The zero-order chi connectivity index (χ0) is 12.9. The normalized spacial score (nSPS) is 24.8. The van der Waals surface area contributed by atoms with E-state index >= 15 is 0 Å². The summed E-state index contributed by atoms with van der Waals surface area (Å²) in [5.41, 5.74) is 3.39. The van der Waals surface area contributed by atoms with Crippen molar-refractivity contribution < 1.29 is 14.7 Å². The lowest BCUT2D eigenvalue weighted by atomic mass is 10.1. The number of aryl methyl sites for hydroxylation is 1. The summed E-state index contributed by atoms with van der Waals surface area (Å²) in [6.07, 6.45) is 1.37. The number of aliphatic carboxylic acids is 1. The van der Waals surface area contributed by atoms with Crippen molar-refractivity contribution in [3.63, 3.8) is 0 Å². The van der Waals surface area contributed by atoms with E-state index < -0.39 is 11.9 Å². The van der Waals surface area contributed by atoms with Gasteiger partial charge in [-0.05, 0) is 37.0 Å². The molecule has 0 saturated heterocycles. The van der Waals surface area contributed by atoms with Crippen LogP contribution in [0.2, 0.25) is 0 Å². The molecule has 18 heavy (non-hydrogen) atoms. The third-order valence-electron chi connectivity index (χ3n) is 3.95. The Morgan fingerprint density at radius 1 is 1.33 bits per heavy atom. The van der Waals surface area contributed by atoms with Gasteiger partial charge in [-0.3, -0.25) is 9.59 Å². The Bertz CT molecular complexity index is 538. The van der Waals surface area contributed by atoms with E-state index in [-0.39, 0.29) is 11.8 Å². The van der Waals surface area contributed by atoms with Gasteiger partial charge in [-0.15, -0.1) is 0 Å². The SMILES string of the molecule is Cc1cccc2c1CCN2C(=O)[C@@H]1C[C@@H]1C(=O)O. The molecule has 1 fully saturated rings. The lowest BCUT2D eigenvalue weighted by Gasteiger charge is -2.17. The molecule has 1 N–H and O–H groups in total. The molecule has 1 amide bonds. The number of rotatable bonds is 2. The molecule has 1 aromatic carbocycles. The molecule has 3 rings (SSSR count). The van der Waals surface area contributed by atoms with Crippen LogP contribution in [-0.2, 0) is 16.0 Å². The topological polar surface area (TPSA) is 57.6 Å². The lowest BCUT2D eigenvalue weighted by Crippen LogP contribution is -2.31. The van der Waals surface area contributed by atoms with E-state index in [4.69, 9.17) is 5.11 Å². The molecule has 2 aliphatic rings. The van der Waals surface area contributed by atoms with E-state index in [0.717, 1.165) is 12.1 Å². The van der Waals surface area contributed by atoms with Crippen molar-refractivity contribution in [2.75, 3.05) is 11.4 Å². The Kier molecular flexibility index (Phi) is 2.40. The molecule has 0 unspecified atom stereocenters. The molecule has 0 aromatic heterocycles. The molecule has 1 saturated carbocycles. The van der Waals surface area contributed by atoms with Crippen LogP contribution in [0.3, 0.4) is 0 Å². The molecule has 0 bridgehead atoms. The maximum Gasteiger partial charge on any atom is 0.307 e. The van der Waals surface area contributed by atoms with Crippen molar-refractivity contribution in [3.8, 4) is 0 Å². The largest absolute Gasteiger partial charge is 0.481 e. The summed E-state index contributed by atoms with van der Waals surface area (Å²) in [7, 11) is 0. The first-order valence-electron chi connectivity index (χ1n) is 6.22. The Balaban J connectivity index is 1.83. The molecular weight excluding hydrogens is 230 g/mol. The van der Waals surface area contributed by atoms with Gasteiger partial charge >= 0.3 is 5.97 Å². The number of hydrogen-bond acceptors (Lipinski definition) is 2. The molecule has 0 radical (unpaired) electrons. The average molecular weight is 245 g/mol. The fourth-order valence-electron chi connectivity index (χ4n) is 2.78. The summed E-state index contributed by atoms with van der Waals surface area (Å²) in [5, 5.41) is 8.88. The molecule has 2 atom stereocenters. The standard InChI is InChI=1S/C14H15NO3/c1-8-3-2-4-12-9(8)5-6-15(12)13(16)10-7-11(10)14(17)18/h2-4,10-11H,5-7H2,1H3,(H,17,18)/t10-,11+/m1/s1. The van der Waals surface area contributed by atoms with Gasteiger partial charge in [-0.1, -0.05) is 12.1 Å². The number of hydrogen-bond donors (Lipinski definition) is 1. The van der Waals surface area contributed by atoms with Gasteiger partial charge in [0.15, 0.2) is 0 Å². The van der Waals surface area contributed by atoms with E-state index in [9.17, 15) is 9.59 Å². The molecule has 4 heteroatoms. The van der Waals surface area contributed by atoms with Crippen LogP contribution in [0.25, 0.3) is 0 Å². The predicted octanol–water partition coefficient (Wildman–Crippen LogP) is 1.60. The first-order chi connectivity index (χ1) is 8.59. The fourth-order valence-corrected chi connectivity index (χ4v) is 2.78. The van der Waals surface area contributed by atoms with Crippen molar-refractivity contribution in [2.24, 2.45) is 11.8 Å². The summed E-state index contributed by atoms with van der Waals surface area (Å²) in [5.74, 6) is -1.65. The van der Waals surface area contributed by atoms with E-state index in [1.807, 2.05) is 25.1 Å². The van der Waals surface area contributed by atoms with Crippen molar-refractivity contribution in [3.05, 3.63) is 29.3 Å². The number of amides is 1. The van der Waals surface area contributed by atoms with Gasteiger partial charge in [0.05, 0.1) is 11.8 Å². The minimum Gasteiger partial charge on any atom is -0.481 e. The average Bonchev–Trinajstić information content (AvgIpc) is 3.02. The van der Waals surface area contributed by atoms with Gasteiger partial charge in [0.1, 0.15) is 0 Å². The second-order valence-electron chi connectivity index (χ2n) is 5.10. The third-order valence-corrected chi connectivity index (χ3v) is 3.95. The van der Waals surface area contributed by atoms with Crippen LogP contribution in [0.15, 0.2) is 18.2 Å². The minimum atomic E-state index is -0.850. The fraction of sp³-hybridized carbons (Fsp3) is 0.429. The second kappa shape index (κ2) is 3.83. The van der Waals surface area contributed by atoms with Crippen LogP contribution in [0.1, 0.15) is 17.5 Å². The zero-order valence-electron chi connectivity index (χ0n) is 10.2. The number of carboxylic acid groups (broad SMARTS) is 1. The Morgan fingerprint density at radius 2 is 2.11 bits per heavy atom. The summed E-state index contributed by atoms with van der Waals surface area (Å²) >= 11 is 0. The van der Waals surface area contributed by atoms with Gasteiger partial charge in [0.25, 0.3) is 0 Å². The van der Waals surface area contributed by atoms with E-state index in [1.54, 1.807) is 4.90 Å². The molecule has 94 valence electrons. The highest BCUT2D eigenvalue weighted by Gasteiger charge is 2.50. The monoisotopic (exact) mass is 245 g/mol. The summed E-state index contributed by atoms with van der Waals surface area (Å²) < 4.78 is 0. The van der Waals surface area contributed by atoms with E-state index in [0.29, 0.717) is 13.0 Å². The Morgan fingerprint density at radius 3 is 2.78 bits per heavy atom. The number of carboxylic acids is 1. The van der Waals surface area contributed by atoms with Gasteiger partial charge < -0.3 is 10.0 Å². The molecule has 0 spiro atoms. The van der Waals surface area contributed by atoms with Crippen LogP contribution in [-0.4, -0.2) is 23.5 Å². The molecule has 1 heterocycles. The minimum absolute atomic E-state index is 0.0215. The van der Waals surface area contributed by atoms with Gasteiger partial charge in [-0.2, -0.15) is 0 Å². The van der Waals surface area contributed by atoms with Crippen molar-refractivity contribution >= 4 is 17.6 Å².